The summed E-state index contributed by atoms with van der Waals surface area (Å²) in [5.41, 5.74) is 5.75. The third-order valence-electron chi connectivity index (χ3n) is 4.31. The summed E-state index contributed by atoms with van der Waals surface area (Å²) in [4.78, 5) is 9.17. The predicted octanol–water partition coefficient (Wildman–Crippen LogP) is 5.30. The van der Waals surface area contributed by atoms with Crippen molar-refractivity contribution in [2.75, 3.05) is 5.32 Å². The third kappa shape index (κ3) is 12.0. The smallest absolute Gasteiger partial charge is 0.387 e. The Labute approximate surface area is 213 Å². The number of anilines is 1. The number of rotatable bonds is 9. The van der Waals surface area contributed by atoms with Gasteiger partial charge in [0, 0.05) is 10.6 Å². The van der Waals surface area contributed by atoms with Crippen LogP contribution >= 0.6 is 23.3 Å². The number of primary amides is 1. The zero-order valence-corrected chi connectivity index (χ0v) is 22.4. The number of hydrogen-bond acceptors (Lipinski definition) is 8. The van der Waals surface area contributed by atoms with E-state index in [-0.39, 0.29) is 23.9 Å². The molecule has 0 spiro atoms. The number of ether oxygens (including phenoxy) is 1. The van der Waals surface area contributed by atoms with Crippen LogP contribution in [0.5, 0.6) is 5.75 Å². The van der Waals surface area contributed by atoms with E-state index >= 15 is 0 Å². The molecule has 12 heteroatoms. The van der Waals surface area contributed by atoms with Crippen molar-refractivity contribution in [1.29, 1.82) is 0 Å². The molecule has 1 heterocycles. The monoisotopic (exact) mass is 539 g/mol. The number of aryl methyl sites for hydroxylation is 1. The van der Waals surface area contributed by atoms with Crippen molar-refractivity contribution in [2.45, 2.75) is 83.0 Å². The van der Waals surface area contributed by atoms with Gasteiger partial charge >= 0.3 is 6.61 Å². The molecule has 0 aliphatic heterocycles. The first-order valence-electron chi connectivity index (χ1n) is 10.8. The molecule has 7 N–H and O–H groups in total. The molecule has 1 aromatic heterocycles. The van der Waals surface area contributed by atoms with Crippen LogP contribution in [-0.4, -0.2) is 29.5 Å². The van der Waals surface area contributed by atoms with E-state index in [2.05, 4.69) is 15.8 Å². The first-order valence-corrected chi connectivity index (χ1v) is 12.5. The summed E-state index contributed by atoms with van der Waals surface area (Å²) in [5.74, 6) is -0.0546. The molecule has 7 nitrogen and oxygen atoms in total. The Morgan fingerprint density at radius 1 is 1.26 bits per heavy atom. The maximum Gasteiger partial charge on any atom is 0.387 e. The normalized spacial score (nSPS) is 11.8. The number of carbonyl (C=O) groups excluding carboxylic acids is 1. The van der Waals surface area contributed by atoms with Gasteiger partial charge in [-0.2, -0.15) is 8.78 Å². The molecule has 2 aromatic rings. The summed E-state index contributed by atoms with van der Waals surface area (Å²) in [6, 6.07) is 4.55. The molecule has 1 atom stereocenters. The third-order valence-corrected chi connectivity index (χ3v) is 6.47. The Bertz CT molecular complexity index is 905. The van der Waals surface area contributed by atoms with E-state index < -0.39 is 18.4 Å². The summed E-state index contributed by atoms with van der Waals surface area (Å²) < 4.78 is 42.7. The SMILES string of the molecule is CC(C)(O)c1cc(F)c(SN)s1.CCCc1cc(OC(F)F)cc(C(C)C)c1NC(C)O.NC=O. The Balaban J connectivity index is 0.000000652. The Morgan fingerprint density at radius 2 is 1.83 bits per heavy atom. The van der Waals surface area contributed by atoms with Crippen LogP contribution < -0.4 is 20.9 Å². The van der Waals surface area contributed by atoms with E-state index in [1.807, 2.05) is 20.8 Å². The molecule has 0 aliphatic rings. The van der Waals surface area contributed by atoms with Crippen LogP contribution in [0.25, 0.3) is 0 Å². The van der Waals surface area contributed by atoms with E-state index in [1.165, 1.54) is 17.4 Å². The van der Waals surface area contributed by atoms with Gasteiger partial charge in [-0.3, -0.25) is 9.93 Å². The van der Waals surface area contributed by atoms with Gasteiger partial charge in [-0.15, -0.1) is 11.3 Å². The molecular weight excluding hydrogens is 503 g/mol. The van der Waals surface area contributed by atoms with Crippen LogP contribution in [0.1, 0.15) is 69.9 Å². The number of aliphatic hydroxyl groups excluding tert-OH is 1. The first kappa shape index (κ1) is 33.0. The number of thiophene rings is 1. The molecule has 1 unspecified atom stereocenters. The first-order chi connectivity index (χ1) is 16.2. The predicted molar refractivity (Wildman–Crippen MR) is 136 cm³/mol. The topological polar surface area (TPSA) is 131 Å². The van der Waals surface area contributed by atoms with Gasteiger partial charge in [0.05, 0.1) is 5.60 Å². The maximum absolute atomic E-state index is 12.9. The van der Waals surface area contributed by atoms with Crippen molar-refractivity contribution in [2.24, 2.45) is 10.9 Å². The summed E-state index contributed by atoms with van der Waals surface area (Å²) in [6.07, 6.45) is 1.16. The summed E-state index contributed by atoms with van der Waals surface area (Å²) in [6.45, 7) is 7.99. The van der Waals surface area contributed by atoms with Gasteiger partial charge in [-0.25, -0.2) is 4.39 Å². The average molecular weight is 540 g/mol. The molecule has 0 radical (unpaired) electrons. The number of amides is 1. The Kier molecular flexibility index (Phi) is 15.0. The Morgan fingerprint density at radius 3 is 2.17 bits per heavy atom. The molecule has 0 bridgehead atoms. The molecule has 35 heavy (non-hydrogen) atoms. The summed E-state index contributed by atoms with van der Waals surface area (Å²) >= 11 is 2.04. The zero-order chi connectivity index (χ0) is 27.3. The van der Waals surface area contributed by atoms with E-state index in [0.717, 1.165) is 41.6 Å². The highest BCUT2D eigenvalue weighted by molar-refractivity contribution is 7.99. The lowest BCUT2D eigenvalue weighted by atomic mass is 9.95. The fourth-order valence-corrected chi connectivity index (χ4v) is 4.31. The second-order valence-electron chi connectivity index (χ2n) is 8.21. The highest BCUT2D eigenvalue weighted by Gasteiger charge is 2.21. The van der Waals surface area contributed by atoms with Gasteiger partial charge in [0.25, 0.3) is 0 Å². The van der Waals surface area contributed by atoms with Crippen molar-refractivity contribution < 1.29 is 32.9 Å². The number of carbonyl (C=O) groups is 1. The lowest BCUT2D eigenvalue weighted by Gasteiger charge is -2.22. The maximum atomic E-state index is 12.9. The quantitative estimate of drug-likeness (QED) is 0.166. The molecule has 1 aromatic carbocycles. The number of aliphatic hydroxyl groups is 2. The number of nitrogens with two attached hydrogens (primary N) is 2. The minimum absolute atomic E-state index is 0.132. The van der Waals surface area contributed by atoms with E-state index in [1.54, 1.807) is 32.9 Å². The second-order valence-corrected chi connectivity index (χ2v) is 10.2. The minimum Gasteiger partial charge on any atom is -0.435 e. The van der Waals surface area contributed by atoms with Crippen LogP contribution in [0.4, 0.5) is 18.9 Å². The zero-order valence-electron chi connectivity index (χ0n) is 20.8. The number of halogens is 3. The van der Waals surface area contributed by atoms with Crippen LogP contribution in [0, 0.1) is 5.82 Å². The van der Waals surface area contributed by atoms with Crippen LogP contribution in [-0.2, 0) is 16.8 Å². The minimum atomic E-state index is -2.83. The van der Waals surface area contributed by atoms with Gasteiger partial charge in [0.2, 0.25) is 6.41 Å². The number of hydrogen-bond donors (Lipinski definition) is 5. The number of alkyl halides is 2. The molecule has 0 saturated heterocycles. The highest BCUT2D eigenvalue weighted by atomic mass is 32.2. The lowest BCUT2D eigenvalue weighted by Crippen LogP contribution is -2.17. The number of nitrogens with one attached hydrogen (secondary N) is 1. The standard InChI is InChI=1S/C15H23F2NO2.C7H10FNOS2.CH3NO/c1-5-6-11-7-12(20-15(16)17)8-13(9(2)3)14(11)18-10(4)19;1-7(2,10)5-3-4(8)6(11-5)12-9;2-1-3/h7-10,15,18-19H,5-6H2,1-4H3;3,10H,9H2,1-2H3;1H,(H2,2,3). The molecule has 0 saturated carbocycles. The van der Waals surface area contributed by atoms with Gasteiger partial charge in [-0.05, 0) is 74.4 Å². The lowest BCUT2D eigenvalue weighted by molar-refractivity contribution is -0.106. The van der Waals surface area contributed by atoms with Gasteiger partial charge < -0.3 is 26.0 Å². The largest absolute Gasteiger partial charge is 0.435 e. The van der Waals surface area contributed by atoms with E-state index in [4.69, 9.17) is 9.93 Å². The Hall–Kier alpha value is -1.99. The second kappa shape index (κ2) is 15.9. The molecular formula is C23H36F3N3O4S2. The van der Waals surface area contributed by atoms with Crippen molar-refractivity contribution in [1.82, 2.24) is 0 Å². The summed E-state index contributed by atoms with van der Waals surface area (Å²) in [7, 11) is 0. The van der Waals surface area contributed by atoms with Gasteiger partial charge in [0.1, 0.15) is 22.0 Å². The van der Waals surface area contributed by atoms with Crippen molar-refractivity contribution in [3.8, 4) is 5.75 Å². The molecule has 200 valence electrons. The molecule has 1 amide bonds. The van der Waals surface area contributed by atoms with Crippen LogP contribution in [0.2, 0.25) is 0 Å². The van der Waals surface area contributed by atoms with Crippen LogP contribution in [0.15, 0.2) is 22.4 Å². The molecule has 2 rings (SSSR count). The van der Waals surface area contributed by atoms with Crippen molar-refractivity contribution in [3.63, 3.8) is 0 Å². The fourth-order valence-electron chi connectivity index (χ4n) is 2.91. The van der Waals surface area contributed by atoms with E-state index in [0.29, 0.717) is 9.09 Å². The molecule has 0 aliphatic carbocycles. The van der Waals surface area contributed by atoms with E-state index in [9.17, 15) is 23.4 Å². The van der Waals surface area contributed by atoms with Crippen LogP contribution in [0.3, 0.4) is 0 Å². The summed E-state index contributed by atoms with van der Waals surface area (Å²) in [5, 5.41) is 27.3. The van der Waals surface area contributed by atoms with Gasteiger partial charge in [-0.1, -0.05) is 27.2 Å². The molecule has 0 fully saturated rings. The van der Waals surface area contributed by atoms with Gasteiger partial charge in [0.15, 0.2) is 0 Å². The van der Waals surface area contributed by atoms with Crippen molar-refractivity contribution in [3.05, 3.63) is 40.0 Å². The fraction of sp³-hybridized carbons (Fsp3) is 0.522. The average Bonchev–Trinajstić information content (AvgIpc) is 3.11. The number of benzene rings is 1. The van der Waals surface area contributed by atoms with Crippen molar-refractivity contribution >= 4 is 35.4 Å². The highest BCUT2D eigenvalue weighted by Crippen LogP contribution is 2.35.